The van der Waals surface area contributed by atoms with E-state index in [9.17, 15) is 9.59 Å². The summed E-state index contributed by atoms with van der Waals surface area (Å²) in [7, 11) is 0. The highest BCUT2D eigenvalue weighted by Crippen LogP contribution is 2.23. The molecule has 2 unspecified atom stereocenters. The fourth-order valence-electron chi connectivity index (χ4n) is 2.15. The summed E-state index contributed by atoms with van der Waals surface area (Å²) in [5.41, 5.74) is 5.02. The van der Waals surface area contributed by atoms with Gasteiger partial charge in [-0.15, -0.1) is 0 Å². The first kappa shape index (κ1) is 14.4. The third kappa shape index (κ3) is 5.96. The fraction of sp³-hybridized carbons (Fsp3) is 0.833. The van der Waals surface area contributed by atoms with Gasteiger partial charge in [-0.2, -0.15) is 11.8 Å². The molecule has 0 bridgehead atoms. The lowest BCUT2D eigenvalue weighted by Gasteiger charge is -2.29. The molecule has 0 heterocycles. The van der Waals surface area contributed by atoms with Gasteiger partial charge < -0.3 is 11.1 Å². The van der Waals surface area contributed by atoms with Crippen LogP contribution in [0.4, 0.5) is 0 Å². The number of hydrogen-bond donors (Lipinski definition) is 2. The van der Waals surface area contributed by atoms with Crippen LogP contribution < -0.4 is 11.1 Å². The molecule has 0 radical (unpaired) electrons. The van der Waals surface area contributed by atoms with E-state index in [1.165, 1.54) is 31.0 Å². The molecular weight excluding hydrogens is 236 g/mol. The van der Waals surface area contributed by atoms with Gasteiger partial charge in [0, 0.05) is 18.2 Å². The first-order valence-corrected chi connectivity index (χ1v) is 7.40. The third-order valence-corrected chi connectivity index (χ3v) is 4.16. The molecule has 0 saturated heterocycles. The van der Waals surface area contributed by atoms with Crippen molar-refractivity contribution in [3.63, 3.8) is 0 Å². The number of amides is 2. The molecule has 1 rings (SSSR count). The summed E-state index contributed by atoms with van der Waals surface area (Å²) < 4.78 is 0. The van der Waals surface area contributed by atoms with Crippen LogP contribution in [-0.2, 0) is 9.59 Å². The lowest BCUT2D eigenvalue weighted by molar-refractivity contribution is -0.122. The van der Waals surface area contributed by atoms with E-state index in [1.807, 2.05) is 0 Å². The predicted octanol–water partition coefficient (Wildman–Crippen LogP) is 1.29. The van der Waals surface area contributed by atoms with Crippen LogP contribution in [0.3, 0.4) is 0 Å². The van der Waals surface area contributed by atoms with Crippen molar-refractivity contribution in [2.45, 2.75) is 45.1 Å². The molecule has 0 aromatic heterocycles. The van der Waals surface area contributed by atoms with Gasteiger partial charge in [0.15, 0.2) is 0 Å². The van der Waals surface area contributed by atoms with E-state index < -0.39 is 0 Å². The maximum absolute atomic E-state index is 11.7. The molecule has 1 aliphatic rings. The predicted molar refractivity (Wildman–Crippen MR) is 70.7 cm³/mol. The molecule has 0 spiro atoms. The van der Waals surface area contributed by atoms with Gasteiger partial charge in [0.05, 0.1) is 5.75 Å². The Bertz CT molecular complexity index is 271. The summed E-state index contributed by atoms with van der Waals surface area (Å²) in [6.45, 7) is 2.20. The number of carbonyl (C=O) groups excluding carboxylic acids is 2. The minimum absolute atomic E-state index is 0.0979. The Hall–Kier alpha value is -0.710. The minimum atomic E-state index is -0.323. The Morgan fingerprint density at radius 3 is 2.71 bits per heavy atom. The summed E-state index contributed by atoms with van der Waals surface area (Å²) in [6, 6.07) is 0.345. The summed E-state index contributed by atoms with van der Waals surface area (Å²) in [6.07, 6.45) is 5.28. The Morgan fingerprint density at radius 1 is 1.35 bits per heavy atom. The Labute approximate surface area is 107 Å². The normalized spacial score (nSPS) is 24.3. The monoisotopic (exact) mass is 258 g/mol. The zero-order valence-corrected chi connectivity index (χ0v) is 11.2. The van der Waals surface area contributed by atoms with Gasteiger partial charge in [0.1, 0.15) is 0 Å². The lowest BCUT2D eigenvalue weighted by Crippen LogP contribution is -2.41. The topological polar surface area (TPSA) is 72.2 Å². The van der Waals surface area contributed by atoms with Crippen molar-refractivity contribution >= 4 is 23.6 Å². The number of hydrogen-bond acceptors (Lipinski definition) is 3. The largest absolute Gasteiger partial charge is 0.369 e. The summed E-state index contributed by atoms with van der Waals surface area (Å²) in [5, 5.41) is 3.09. The average molecular weight is 258 g/mol. The number of nitrogens with two attached hydrogens (primary N) is 1. The third-order valence-electron chi connectivity index (χ3n) is 3.18. The summed E-state index contributed by atoms with van der Waals surface area (Å²) in [4.78, 5) is 22.2. The van der Waals surface area contributed by atoms with Crippen molar-refractivity contribution in [3.8, 4) is 0 Å². The van der Waals surface area contributed by atoms with Crippen molar-refractivity contribution in [2.75, 3.05) is 11.5 Å². The Kier molecular flexibility index (Phi) is 6.40. The number of rotatable bonds is 6. The van der Waals surface area contributed by atoms with Gasteiger partial charge >= 0.3 is 0 Å². The quantitative estimate of drug-likeness (QED) is 0.705. The van der Waals surface area contributed by atoms with E-state index in [0.717, 1.165) is 6.42 Å². The number of primary amides is 1. The highest BCUT2D eigenvalue weighted by atomic mass is 32.2. The van der Waals surface area contributed by atoms with E-state index in [-0.39, 0.29) is 11.8 Å². The molecule has 2 atom stereocenters. The van der Waals surface area contributed by atoms with Crippen LogP contribution in [0, 0.1) is 5.92 Å². The SMILES string of the molecule is CC1CCCCC1NC(=O)CCSCC(N)=O. The van der Waals surface area contributed by atoms with E-state index in [2.05, 4.69) is 12.2 Å². The molecule has 5 heteroatoms. The Morgan fingerprint density at radius 2 is 2.06 bits per heavy atom. The zero-order valence-electron chi connectivity index (χ0n) is 10.4. The van der Waals surface area contributed by atoms with Gasteiger partial charge in [-0.3, -0.25) is 9.59 Å². The van der Waals surface area contributed by atoms with Crippen LogP contribution in [0.2, 0.25) is 0 Å². The molecule has 0 aromatic carbocycles. The van der Waals surface area contributed by atoms with Crippen LogP contribution in [-0.4, -0.2) is 29.4 Å². The maximum Gasteiger partial charge on any atom is 0.227 e. The molecule has 0 aromatic rings. The number of nitrogens with one attached hydrogen (secondary N) is 1. The summed E-state index contributed by atoms with van der Waals surface area (Å²) in [5.74, 6) is 1.33. The van der Waals surface area contributed by atoms with Crippen LogP contribution in [0.15, 0.2) is 0 Å². The van der Waals surface area contributed by atoms with Gasteiger partial charge in [-0.25, -0.2) is 0 Å². The van der Waals surface area contributed by atoms with E-state index in [1.54, 1.807) is 0 Å². The molecule has 1 aliphatic carbocycles. The average Bonchev–Trinajstić information content (AvgIpc) is 2.27. The second kappa shape index (κ2) is 7.58. The van der Waals surface area contributed by atoms with Crippen LogP contribution >= 0.6 is 11.8 Å². The molecule has 0 aliphatic heterocycles. The smallest absolute Gasteiger partial charge is 0.227 e. The molecule has 4 nitrogen and oxygen atoms in total. The first-order chi connectivity index (χ1) is 8.09. The molecule has 3 N–H and O–H groups in total. The maximum atomic E-state index is 11.7. The number of carbonyl (C=O) groups is 2. The second-order valence-corrected chi connectivity index (χ2v) is 5.81. The standard InChI is InChI=1S/C12H22N2O2S/c1-9-4-2-3-5-10(9)14-12(16)6-7-17-8-11(13)15/h9-10H,2-8H2,1H3,(H2,13,15)(H,14,16). The van der Waals surface area contributed by atoms with E-state index in [0.29, 0.717) is 29.9 Å². The molecule has 17 heavy (non-hydrogen) atoms. The van der Waals surface area contributed by atoms with Gasteiger partial charge in [-0.1, -0.05) is 19.8 Å². The van der Waals surface area contributed by atoms with E-state index in [4.69, 9.17) is 5.73 Å². The van der Waals surface area contributed by atoms with Gasteiger partial charge in [0.2, 0.25) is 11.8 Å². The van der Waals surface area contributed by atoms with Crippen molar-refractivity contribution in [2.24, 2.45) is 11.7 Å². The number of thioether (sulfide) groups is 1. The van der Waals surface area contributed by atoms with Crippen molar-refractivity contribution in [1.82, 2.24) is 5.32 Å². The van der Waals surface area contributed by atoms with Crippen LogP contribution in [0.5, 0.6) is 0 Å². The molecule has 1 saturated carbocycles. The second-order valence-electron chi connectivity index (χ2n) is 4.70. The highest BCUT2D eigenvalue weighted by Gasteiger charge is 2.22. The molecular formula is C12H22N2O2S. The molecule has 98 valence electrons. The molecule has 1 fully saturated rings. The van der Waals surface area contributed by atoms with Crippen molar-refractivity contribution < 1.29 is 9.59 Å². The van der Waals surface area contributed by atoms with Crippen molar-refractivity contribution in [3.05, 3.63) is 0 Å². The molecule has 2 amide bonds. The van der Waals surface area contributed by atoms with E-state index >= 15 is 0 Å². The Balaban J connectivity index is 2.13. The van der Waals surface area contributed by atoms with Gasteiger partial charge in [-0.05, 0) is 18.8 Å². The van der Waals surface area contributed by atoms with Crippen molar-refractivity contribution in [1.29, 1.82) is 0 Å². The zero-order chi connectivity index (χ0) is 12.7. The lowest BCUT2D eigenvalue weighted by atomic mass is 9.86. The minimum Gasteiger partial charge on any atom is -0.369 e. The van der Waals surface area contributed by atoms with Crippen LogP contribution in [0.25, 0.3) is 0 Å². The highest BCUT2D eigenvalue weighted by molar-refractivity contribution is 7.99. The first-order valence-electron chi connectivity index (χ1n) is 6.25. The van der Waals surface area contributed by atoms with Gasteiger partial charge in [0.25, 0.3) is 0 Å². The van der Waals surface area contributed by atoms with Crippen LogP contribution in [0.1, 0.15) is 39.0 Å². The summed E-state index contributed by atoms with van der Waals surface area (Å²) >= 11 is 1.42. The fourth-order valence-corrected chi connectivity index (χ4v) is 2.82.